The van der Waals surface area contributed by atoms with Crippen LogP contribution in [0.3, 0.4) is 0 Å². The average molecular weight is 365 g/mol. The van der Waals surface area contributed by atoms with Crippen molar-refractivity contribution in [2.75, 3.05) is 0 Å². The van der Waals surface area contributed by atoms with Crippen LogP contribution in [-0.2, 0) is 0 Å². The Morgan fingerprint density at radius 1 is 0.762 bits per heavy atom. The fourth-order valence-corrected chi connectivity index (χ4v) is 12.9. The molecule has 0 N–H and O–H groups in total. The zero-order chi connectivity index (χ0) is 14.8. The van der Waals surface area contributed by atoms with Gasteiger partial charge >= 0.3 is 139 Å². The second-order valence-corrected chi connectivity index (χ2v) is 16.3. The molecular weight excluding hydrogens is 338 g/mol. The summed E-state index contributed by atoms with van der Waals surface area (Å²) in [7, 11) is 7.46. The molecular formula is C18H27BBrP. The molecule has 0 saturated heterocycles. The van der Waals surface area contributed by atoms with E-state index in [1.54, 1.807) is 0 Å². The first-order valence-electron chi connectivity index (χ1n) is 8.71. The number of hydrogen-bond donors (Lipinski definition) is 0. The normalized spacial score (nSPS) is 24.3. The van der Waals surface area contributed by atoms with Gasteiger partial charge in [-0.1, -0.05) is 0 Å². The molecule has 3 rings (SSSR count). The van der Waals surface area contributed by atoms with E-state index >= 15 is 0 Å². The van der Waals surface area contributed by atoms with Crippen LogP contribution in [0.1, 0.15) is 64.2 Å². The van der Waals surface area contributed by atoms with Gasteiger partial charge in [0.1, 0.15) is 0 Å². The first-order valence-corrected chi connectivity index (χ1v) is 13.2. The van der Waals surface area contributed by atoms with Crippen LogP contribution >= 0.6 is 20.7 Å². The van der Waals surface area contributed by atoms with Crippen LogP contribution in [0.5, 0.6) is 0 Å². The van der Waals surface area contributed by atoms with Crippen molar-refractivity contribution in [2.24, 2.45) is 0 Å². The maximum absolute atomic E-state index is 7.46. The van der Waals surface area contributed by atoms with Crippen LogP contribution in [0.25, 0.3) is 0 Å². The van der Waals surface area contributed by atoms with Gasteiger partial charge in [0.2, 0.25) is 0 Å². The van der Waals surface area contributed by atoms with Gasteiger partial charge in [-0.25, -0.2) is 0 Å². The van der Waals surface area contributed by atoms with E-state index in [1.165, 1.54) is 69.5 Å². The minimum atomic E-state index is -2.51. The zero-order valence-electron chi connectivity index (χ0n) is 13.0. The SMILES string of the molecule is [B]P(Br)(c1ccccc1)(C1CCCCC1)C1CCCCC1. The molecule has 0 unspecified atom stereocenters. The van der Waals surface area contributed by atoms with Gasteiger partial charge in [-0.05, 0) is 0 Å². The number of benzene rings is 1. The van der Waals surface area contributed by atoms with Crippen molar-refractivity contribution in [3.8, 4) is 0 Å². The van der Waals surface area contributed by atoms with Crippen LogP contribution in [0.15, 0.2) is 30.3 Å². The molecule has 0 nitrogen and oxygen atoms in total. The van der Waals surface area contributed by atoms with Crippen LogP contribution in [-0.4, -0.2) is 18.9 Å². The summed E-state index contributed by atoms with van der Waals surface area (Å²) in [5, 5.41) is -1.08. The molecule has 0 aliphatic heterocycles. The fourth-order valence-electron chi connectivity index (χ4n) is 4.67. The summed E-state index contributed by atoms with van der Waals surface area (Å²) in [6.07, 6.45) is 13.6. The molecule has 114 valence electrons. The summed E-state index contributed by atoms with van der Waals surface area (Å²) in [6, 6.07) is 11.1. The molecule has 1 aromatic carbocycles. The Morgan fingerprint density at radius 3 is 1.62 bits per heavy atom. The van der Waals surface area contributed by atoms with E-state index in [0.29, 0.717) is 11.3 Å². The van der Waals surface area contributed by atoms with Crippen molar-refractivity contribution < 1.29 is 0 Å². The van der Waals surface area contributed by atoms with E-state index in [0.717, 1.165) is 0 Å². The second kappa shape index (κ2) is 6.36. The van der Waals surface area contributed by atoms with Crippen molar-refractivity contribution >= 4 is 33.5 Å². The van der Waals surface area contributed by atoms with Crippen LogP contribution in [0.4, 0.5) is 0 Å². The van der Waals surface area contributed by atoms with Gasteiger partial charge in [0.25, 0.3) is 0 Å². The Kier molecular flexibility index (Phi) is 4.87. The van der Waals surface area contributed by atoms with Crippen molar-refractivity contribution in [2.45, 2.75) is 75.5 Å². The molecule has 0 atom stereocenters. The van der Waals surface area contributed by atoms with Crippen LogP contribution < -0.4 is 5.30 Å². The average Bonchev–Trinajstić information content (AvgIpc) is 2.57. The van der Waals surface area contributed by atoms with Gasteiger partial charge in [-0.15, -0.1) is 0 Å². The summed E-state index contributed by atoms with van der Waals surface area (Å²) < 4.78 is 0. The Morgan fingerprint density at radius 2 is 1.19 bits per heavy atom. The standard InChI is InChI=1S/C18H27BBrP/c19-21(20,16-10-4-1-5-11-16,17-12-6-2-7-13-17)18-14-8-3-9-15-18/h1,4-5,10-11,17-18H,2-3,6-9,12-15H2. The van der Waals surface area contributed by atoms with Gasteiger partial charge in [-0.2, -0.15) is 0 Å². The molecule has 2 fully saturated rings. The predicted molar refractivity (Wildman–Crippen MR) is 101 cm³/mol. The third-order valence-electron chi connectivity index (χ3n) is 5.93. The van der Waals surface area contributed by atoms with E-state index in [1.807, 2.05) is 0 Å². The Bertz CT molecular complexity index is 439. The van der Waals surface area contributed by atoms with Crippen LogP contribution in [0.2, 0.25) is 0 Å². The number of halogens is 1. The van der Waals surface area contributed by atoms with Gasteiger partial charge in [-0.3, -0.25) is 0 Å². The monoisotopic (exact) mass is 364 g/mol. The molecule has 21 heavy (non-hydrogen) atoms. The summed E-state index contributed by atoms with van der Waals surface area (Å²) in [4.78, 5) is 0. The van der Waals surface area contributed by atoms with E-state index < -0.39 is 5.18 Å². The molecule has 0 spiro atoms. The molecule has 3 heteroatoms. The predicted octanol–water partition coefficient (Wildman–Crippen LogP) is 5.92. The molecule has 2 aliphatic rings. The molecule has 2 radical (unpaired) electrons. The first-order chi connectivity index (χ1) is 10.1. The van der Waals surface area contributed by atoms with E-state index in [-0.39, 0.29) is 0 Å². The van der Waals surface area contributed by atoms with Crippen molar-refractivity contribution in [1.29, 1.82) is 0 Å². The molecule has 0 aromatic heterocycles. The van der Waals surface area contributed by atoms with E-state index in [9.17, 15) is 0 Å². The minimum absolute atomic E-state index is 0.690. The Balaban J connectivity index is 2.04. The van der Waals surface area contributed by atoms with Gasteiger partial charge in [0.05, 0.1) is 0 Å². The Hall–Kier alpha value is 0.195. The molecule has 0 bridgehead atoms. The molecule has 2 saturated carbocycles. The molecule has 2 aliphatic carbocycles. The summed E-state index contributed by atoms with van der Waals surface area (Å²) in [5.74, 6) is 0. The van der Waals surface area contributed by atoms with Crippen molar-refractivity contribution in [3.63, 3.8) is 0 Å². The number of hydrogen-bond acceptors (Lipinski definition) is 0. The van der Waals surface area contributed by atoms with Gasteiger partial charge in [0, 0.05) is 0 Å². The maximum atomic E-state index is 7.46. The summed E-state index contributed by atoms with van der Waals surface area (Å²) in [6.45, 7) is 0. The molecule has 0 amide bonds. The number of rotatable bonds is 3. The van der Waals surface area contributed by atoms with Crippen molar-refractivity contribution in [1.82, 2.24) is 0 Å². The molecule has 0 heterocycles. The Labute approximate surface area is 139 Å². The van der Waals surface area contributed by atoms with Crippen molar-refractivity contribution in [3.05, 3.63) is 30.3 Å². The van der Waals surface area contributed by atoms with Gasteiger partial charge < -0.3 is 0 Å². The summed E-state index contributed by atoms with van der Waals surface area (Å²) >= 11 is 4.33. The second-order valence-electron chi connectivity index (χ2n) is 7.13. The molecule has 1 aromatic rings. The first kappa shape index (κ1) is 16.1. The summed E-state index contributed by atoms with van der Waals surface area (Å²) in [5.41, 5.74) is 1.38. The van der Waals surface area contributed by atoms with Crippen LogP contribution in [0, 0.1) is 0 Å². The quantitative estimate of drug-likeness (QED) is 0.461. The zero-order valence-corrected chi connectivity index (χ0v) is 15.5. The van der Waals surface area contributed by atoms with E-state index in [4.69, 9.17) is 7.57 Å². The van der Waals surface area contributed by atoms with Gasteiger partial charge in [0.15, 0.2) is 0 Å². The third kappa shape index (κ3) is 2.88. The fraction of sp³-hybridized carbons (Fsp3) is 0.667. The third-order valence-corrected chi connectivity index (χ3v) is 16.0. The topological polar surface area (TPSA) is 0 Å². The van der Waals surface area contributed by atoms with E-state index in [2.05, 4.69) is 45.8 Å².